The fourth-order valence-corrected chi connectivity index (χ4v) is 1.72. The summed E-state index contributed by atoms with van der Waals surface area (Å²) in [5.74, 6) is -0.163. The third kappa shape index (κ3) is 3.49. The Morgan fingerprint density at radius 3 is 2.29 bits per heavy atom. The fourth-order valence-electron chi connectivity index (χ4n) is 1.72. The highest BCUT2D eigenvalue weighted by molar-refractivity contribution is 5.17. The maximum atomic E-state index is 12.7. The average Bonchev–Trinajstić information content (AvgIpc) is 2.08. The molecule has 0 atom stereocenters. The van der Waals surface area contributed by atoms with Crippen LogP contribution < -0.4 is 0 Å². The molecule has 14 heavy (non-hydrogen) atoms. The maximum absolute atomic E-state index is 12.7. The van der Waals surface area contributed by atoms with Crippen LogP contribution in [0, 0.1) is 18.2 Å². The third-order valence-corrected chi connectivity index (χ3v) is 2.45. The molecule has 1 heteroatoms. The topological polar surface area (TPSA) is 0 Å². The highest BCUT2D eigenvalue weighted by Gasteiger charge is 2.16. The molecule has 1 radical (unpaired) electrons. The first-order chi connectivity index (χ1) is 6.53. The predicted octanol–water partition coefficient (Wildman–Crippen LogP) is 4.01. The van der Waals surface area contributed by atoms with Crippen molar-refractivity contribution in [3.63, 3.8) is 0 Å². The molecule has 1 aromatic carbocycles. The number of hydrogen-bond acceptors (Lipinski definition) is 0. The Morgan fingerprint density at radius 1 is 1.21 bits per heavy atom. The summed E-state index contributed by atoms with van der Waals surface area (Å²) in [7, 11) is 0. The predicted molar refractivity (Wildman–Crippen MR) is 58.5 cm³/mol. The highest BCUT2D eigenvalue weighted by atomic mass is 19.1. The zero-order valence-corrected chi connectivity index (χ0v) is 9.02. The molecule has 77 valence electrons. The first-order valence-corrected chi connectivity index (χ1v) is 5.07. The van der Waals surface area contributed by atoms with E-state index in [0.717, 1.165) is 19.3 Å². The van der Waals surface area contributed by atoms with Gasteiger partial charge in [0.1, 0.15) is 5.82 Å². The van der Waals surface area contributed by atoms with Crippen LogP contribution in [0.5, 0.6) is 0 Å². The molecule has 0 spiro atoms. The Bertz CT molecular complexity index is 272. The lowest BCUT2D eigenvalue weighted by Gasteiger charge is -2.23. The largest absolute Gasteiger partial charge is 0.207 e. The van der Waals surface area contributed by atoms with Crippen LogP contribution >= 0.6 is 0 Å². The first-order valence-electron chi connectivity index (χ1n) is 5.07. The van der Waals surface area contributed by atoms with E-state index in [1.165, 1.54) is 17.7 Å². The summed E-state index contributed by atoms with van der Waals surface area (Å²) in [6, 6.07) is 6.77. The monoisotopic (exact) mass is 193 g/mol. The summed E-state index contributed by atoms with van der Waals surface area (Å²) in [5.41, 5.74) is 1.46. The minimum atomic E-state index is -0.163. The molecule has 0 aromatic heterocycles. The SMILES string of the molecule is [CH2]CCC(C)(C)Cc1ccc(F)cc1. The molecule has 1 aromatic rings. The van der Waals surface area contributed by atoms with Crippen molar-refractivity contribution in [2.45, 2.75) is 33.1 Å². The van der Waals surface area contributed by atoms with Gasteiger partial charge in [0.2, 0.25) is 0 Å². The van der Waals surface area contributed by atoms with Crippen LogP contribution in [-0.2, 0) is 6.42 Å². The van der Waals surface area contributed by atoms with Gasteiger partial charge in [-0.25, -0.2) is 4.39 Å². The van der Waals surface area contributed by atoms with E-state index < -0.39 is 0 Å². The Hall–Kier alpha value is -0.850. The van der Waals surface area contributed by atoms with Crippen LogP contribution in [0.4, 0.5) is 4.39 Å². The molecule has 0 fully saturated rings. The molecule has 0 nitrogen and oxygen atoms in total. The van der Waals surface area contributed by atoms with Crippen molar-refractivity contribution in [2.75, 3.05) is 0 Å². The second-order valence-corrected chi connectivity index (χ2v) is 4.57. The van der Waals surface area contributed by atoms with E-state index in [9.17, 15) is 4.39 Å². The summed E-state index contributed by atoms with van der Waals surface area (Å²) in [5, 5.41) is 0. The van der Waals surface area contributed by atoms with Gasteiger partial charge in [0.05, 0.1) is 0 Å². The second kappa shape index (κ2) is 4.59. The van der Waals surface area contributed by atoms with Gasteiger partial charge in [-0.05, 0) is 36.0 Å². The molecule has 0 bridgehead atoms. The molecule has 0 saturated heterocycles. The summed E-state index contributed by atoms with van der Waals surface area (Å²) in [6.45, 7) is 8.31. The summed E-state index contributed by atoms with van der Waals surface area (Å²) in [4.78, 5) is 0. The quantitative estimate of drug-likeness (QED) is 0.677. The maximum Gasteiger partial charge on any atom is 0.123 e. The molecule has 0 amide bonds. The molecule has 0 heterocycles. The van der Waals surface area contributed by atoms with Gasteiger partial charge in [0, 0.05) is 0 Å². The molecule has 0 aliphatic rings. The number of benzene rings is 1. The van der Waals surface area contributed by atoms with Gasteiger partial charge in [0.15, 0.2) is 0 Å². The summed E-state index contributed by atoms with van der Waals surface area (Å²) < 4.78 is 12.7. The van der Waals surface area contributed by atoms with Crippen LogP contribution in [-0.4, -0.2) is 0 Å². The van der Waals surface area contributed by atoms with Crippen molar-refractivity contribution < 1.29 is 4.39 Å². The number of hydrogen-bond donors (Lipinski definition) is 0. The van der Waals surface area contributed by atoms with Crippen molar-refractivity contribution in [3.05, 3.63) is 42.6 Å². The van der Waals surface area contributed by atoms with Crippen LogP contribution in [0.15, 0.2) is 24.3 Å². The zero-order valence-electron chi connectivity index (χ0n) is 9.02. The van der Waals surface area contributed by atoms with E-state index in [-0.39, 0.29) is 11.2 Å². The van der Waals surface area contributed by atoms with Gasteiger partial charge in [-0.2, -0.15) is 0 Å². The van der Waals surface area contributed by atoms with E-state index in [0.29, 0.717) is 0 Å². The van der Waals surface area contributed by atoms with Gasteiger partial charge >= 0.3 is 0 Å². The first kappa shape index (κ1) is 11.2. The standard InChI is InChI=1S/C13H18F/c1-4-9-13(2,3)10-11-5-7-12(14)8-6-11/h5-8H,1,4,9-10H2,2-3H3. The lowest BCUT2D eigenvalue weighted by molar-refractivity contribution is 0.335. The van der Waals surface area contributed by atoms with E-state index in [2.05, 4.69) is 20.8 Å². The van der Waals surface area contributed by atoms with Crippen LogP contribution in [0.25, 0.3) is 0 Å². The van der Waals surface area contributed by atoms with E-state index in [1.54, 1.807) is 0 Å². The van der Waals surface area contributed by atoms with Gasteiger partial charge in [-0.1, -0.05) is 39.3 Å². The van der Waals surface area contributed by atoms with Crippen LogP contribution in [0.1, 0.15) is 32.3 Å². The molecule has 1 rings (SSSR count). The molecule has 0 unspecified atom stereocenters. The molecule has 0 aliphatic heterocycles. The molecule has 0 N–H and O–H groups in total. The van der Waals surface area contributed by atoms with Crippen LogP contribution in [0.2, 0.25) is 0 Å². The molecule has 0 aliphatic carbocycles. The highest BCUT2D eigenvalue weighted by Crippen LogP contribution is 2.27. The fraction of sp³-hybridized carbons (Fsp3) is 0.462. The summed E-state index contributed by atoms with van der Waals surface area (Å²) >= 11 is 0. The zero-order chi connectivity index (χ0) is 10.6. The third-order valence-electron chi connectivity index (χ3n) is 2.45. The van der Waals surface area contributed by atoms with Crippen molar-refractivity contribution in [3.8, 4) is 0 Å². The van der Waals surface area contributed by atoms with E-state index in [4.69, 9.17) is 0 Å². The van der Waals surface area contributed by atoms with Crippen molar-refractivity contribution >= 4 is 0 Å². The van der Waals surface area contributed by atoms with Gasteiger partial charge in [-0.3, -0.25) is 0 Å². The minimum absolute atomic E-state index is 0.163. The molecule has 0 saturated carbocycles. The Morgan fingerprint density at radius 2 is 1.79 bits per heavy atom. The summed E-state index contributed by atoms with van der Waals surface area (Å²) in [6.07, 6.45) is 3.04. The normalized spacial score (nSPS) is 11.7. The molecular formula is C13H18F. The Balaban J connectivity index is 2.64. The van der Waals surface area contributed by atoms with E-state index >= 15 is 0 Å². The van der Waals surface area contributed by atoms with Gasteiger partial charge < -0.3 is 0 Å². The van der Waals surface area contributed by atoms with Gasteiger partial charge in [0.25, 0.3) is 0 Å². The van der Waals surface area contributed by atoms with E-state index in [1.807, 2.05) is 12.1 Å². The van der Waals surface area contributed by atoms with Crippen molar-refractivity contribution in [1.29, 1.82) is 0 Å². The lowest BCUT2D eigenvalue weighted by Crippen LogP contribution is -2.14. The molecular weight excluding hydrogens is 175 g/mol. The number of rotatable bonds is 4. The Kier molecular flexibility index (Phi) is 3.68. The average molecular weight is 193 g/mol. The van der Waals surface area contributed by atoms with Crippen molar-refractivity contribution in [1.82, 2.24) is 0 Å². The van der Waals surface area contributed by atoms with Crippen molar-refractivity contribution in [2.24, 2.45) is 5.41 Å². The Labute approximate surface area is 86.2 Å². The smallest absolute Gasteiger partial charge is 0.123 e. The van der Waals surface area contributed by atoms with Crippen LogP contribution in [0.3, 0.4) is 0 Å². The lowest BCUT2D eigenvalue weighted by atomic mass is 9.82. The number of halogens is 1. The second-order valence-electron chi connectivity index (χ2n) is 4.57. The minimum Gasteiger partial charge on any atom is -0.207 e. The van der Waals surface area contributed by atoms with Gasteiger partial charge in [-0.15, -0.1) is 0 Å².